The molecule has 7 nitrogen and oxygen atoms in total. The van der Waals surface area contributed by atoms with Crippen molar-refractivity contribution in [3.05, 3.63) is 114 Å². The summed E-state index contributed by atoms with van der Waals surface area (Å²) in [7, 11) is -7.62. The predicted molar refractivity (Wildman–Crippen MR) is 139 cm³/mol. The fourth-order valence-corrected chi connectivity index (χ4v) is 4.79. The van der Waals surface area contributed by atoms with Gasteiger partial charge >= 0.3 is 0 Å². The molecule has 0 amide bonds. The fraction of sp³-hybridized carbons (Fsp3) is 0.0400. The maximum absolute atomic E-state index is 12.3. The third kappa shape index (κ3) is 6.78. The number of halogens is 1. The minimum atomic E-state index is -4.11. The van der Waals surface area contributed by atoms with E-state index in [4.69, 9.17) is 22.6 Å². The molecular formula is C25H20FN3O4S3. The number of rotatable bonds is 5. The quantitative estimate of drug-likeness (QED) is 0.368. The van der Waals surface area contributed by atoms with Gasteiger partial charge in [-0.2, -0.15) is 5.26 Å². The summed E-state index contributed by atoms with van der Waals surface area (Å²) >= 11 is 5.50. The lowest BCUT2D eigenvalue weighted by Crippen LogP contribution is -2.14. The molecule has 0 aromatic heterocycles. The number of nitrogens with zero attached hydrogens (tertiary/aromatic N) is 1. The molecule has 184 valence electrons. The minimum absolute atomic E-state index is 0.0996. The van der Waals surface area contributed by atoms with Crippen LogP contribution in [0.25, 0.3) is 5.57 Å². The Morgan fingerprint density at radius 2 is 1.58 bits per heavy atom. The van der Waals surface area contributed by atoms with Crippen LogP contribution in [0.1, 0.15) is 22.6 Å². The van der Waals surface area contributed by atoms with E-state index in [9.17, 15) is 21.3 Å². The van der Waals surface area contributed by atoms with Gasteiger partial charge in [0.1, 0.15) is 0 Å². The summed E-state index contributed by atoms with van der Waals surface area (Å²) in [5.41, 5.74) is 3.12. The number of nitriles is 1. The van der Waals surface area contributed by atoms with E-state index in [-0.39, 0.29) is 15.7 Å². The molecule has 0 radical (unpaired) electrons. The number of primary sulfonamides is 1. The van der Waals surface area contributed by atoms with Gasteiger partial charge in [0.2, 0.25) is 10.0 Å². The van der Waals surface area contributed by atoms with Crippen molar-refractivity contribution in [3.8, 4) is 6.07 Å². The predicted octanol–water partition coefficient (Wildman–Crippen LogP) is 4.16. The second kappa shape index (κ2) is 11.5. The van der Waals surface area contributed by atoms with E-state index >= 15 is 0 Å². The van der Waals surface area contributed by atoms with Crippen molar-refractivity contribution in [2.45, 2.75) is 15.7 Å². The highest BCUT2D eigenvalue weighted by molar-refractivity contribution is 7.89. The van der Waals surface area contributed by atoms with E-state index in [2.05, 4.69) is 6.07 Å². The van der Waals surface area contributed by atoms with Crippen molar-refractivity contribution < 1.29 is 21.3 Å². The van der Waals surface area contributed by atoms with Gasteiger partial charge in [0.25, 0.3) is 10.0 Å². The lowest BCUT2D eigenvalue weighted by atomic mass is 9.87. The van der Waals surface area contributed by atoms with E-state index in [0.717, 1.165) is 21.6 Å². The van der Waals surface area contributed by atoms with Gasteiger partial charge in [0, 0.05) is 10.8 Å². The summed E-state index contributed by atoms with van der Waals surface area (Å²) in [6.45, 7) is 0. The Morgan fingerprint density at radius 1 is 0.917 bits per heavy atom. The Labute approximate surface area is 214 Å². The van der Waals surface area contributed by atoms with Gasteiger partial charge in [-0.3, -0.25) is 0 Å². The van der Waals surface area contributed by atoms with Crippen molar-refractivity contribution in [1.29, 1.82) is 5.26 Å². The number of hydrogen-bond donors (Lipinski definition) is 2. The van der Waals surface area contributed by atoms with Gasteiger partial charge in [-0.25, -0.2) is 22.0 Å². The molecule has 1 aliphatic carbocycles. The van der Waals surface area contributed by atoms with Crippen LogP contribution in [0.3, 0.4) is 0 Å². The monoisotopic (exact) mass is 541 g/mol. The molecule has 3 aromatic rings. The number of allylic oxidation sites excluding steroid dienone is 4. The second-order valence-electron chi connectivity index (χ2n) is 7.54. The van der Waals surface area contributed by atoms with E-state index in [1.165, 1.54) is 24.3 Å². The average molecular weight is 542 g/mol. The molecular weight excluding hydrogens is 521 g/mol. The summed E-state index contributed by atoms with van der Waals surface area (Å²) in [6.07, 6.45) is 5.69. The molecule has 0 bridgehead atoms. The molecule has 11 heteroatoms. The number of hydrogen-bond acceptors (Lipinski definition) is 6. The molecule has 1 atom stereocenters. The summed E-state index contributed by atoms with van der Waals surface area (Å²) in [5.74, 6) is -0.0996. The van der Waals surface area contributed by atoms with Crippen LogP contribution in [0, 0.1) is 11.3 Å². The highest BCUT2D eigenvalue weighted by atomic mass is 32.2. The van der Waals surface area contributed by atoms with Crippen molar-refractivity contribution in [2.24, 2.45) is 5.14 Å². The van der Waals surface area contributed by atoms with Crippen LogP contribution in [0.15, 0.2) is 107 Å². The molecule has 0 saturated heterocycles. The van der Waals surface area contributed by atoms with E-state index < -0.39 is 20.0 Å². The van der Waals surface area contributed by atoms with Gasteiger partial charge in [0.15, 0.2) is 0 Å². The van der Waals surface area contributed by atoms with Crippen molar-refractivity contribution >= 4 is 42.7 Å². The third-order valence-electron chi connectivity index (χ3n) is 5.12. The summed E-state index contributed by atoms with van der Waals surface area (Å²) in [6, 6.07) is 23.1. The summed E-state index contributed by atoms with van der Waals surface area (Å²) in [4.78, 5) is 1.48. The molecule has 1 unspecified atom stereocenters. The number of sulfonamides is 2. The smallest absolute Gasteiger partial charge is 0.225 e. The van der Waals surface area contributed by atoms with Crippen molar-refractivity contribution in [1.82, 2.24) is 4.94 Å². The van der Waals surface area contributed by atoms with Crippen LogP contribution in [0.2, 0.25) is 0 Å². The first-order valence-electron chi connectivity index (χ1n) is 10.3. The standard InChI is InChI=1S/C19H13FN2O2S2.C6H7NO2S/c20-22-26(23,24)17-7-4-14(5-8-17)15-6-9-18(19(25)11-15)16-3-1-2-13(10-16)12-21;7-10(8,9)6-4-2-1-3-5-6/h1-11,18,22H;1-5H,(H2,7,8,9). The molecule has 0 heterocycles. The van der Waals surface area contributed by atoms with Crippen LogP contribution >= 0.6 is 12.2 Å². The van der Waals surface area contributed by atoms with Gasteiger partial charge in [-0.15, -0.1) is 4.48 Å². The molecule has 3 N–H and O–H groups in total. The SMILES string of the molecule is N#Cc1cccc(C2C=CC(c3ccc(S(=O)(=O)NF)cc3)=CC2=S)c1.NS(=O)(=O)c1ccccc1. The summed E-state index contributed by atoms with van der Waals surface area (Å²) in [5, 5.41) is 13.9. The molecule has 1 aliphatic rings. The lowest BCUT2D eigenvalue weighted by Gasteiger charge is -2.18. The third-order valence-corrected chi connectivity index (χ3v) is 7.52. The van der Waals surface area contributed by atoms with Crippen molar-refractivity contribution in [2.75, 3.05) is 0 Å². The van der Waals surface area contributed by atoms with Gasteiger partial charge in [-0.05, 0) is 64.1 Å². The Balaban J connectivity index is 0.000000303. The first-order chi connectivity index (χ1) is 17.0. The molecule has 36 heavy (non-hydrogen) atoms. The highest BCUT2D eigenvalue weighted by Gasteiger charge is 2.18. The fourth-order valence-electron chi connectivity index (χ4n) is 3.32. The first kappa shape index (κ1) is 27.1. The average Bonchev–Trinajstić information content (AvgIpc) is 2.89. The van der Waals surface area contributed by atoms with Crippen LogP contribution in [0.5, 0.6) is 0 Å². The zero-order chi connectivity index (χ0) is 26.3. The van der Waals surface area contributed by atoms with Crippen molar-refractivity contribution in [3.63, 3.8) is 0 Å². The Morgan fingerprint density at radius 3 is 2.11 bits per heavy atom. The van der Waals surface area contributed by atoms with Gasteiger partial charge < -0.3 is 0 Å². The minimum Gasteiger partial charge on any atom is -0.225 e. The van der Waals surface area contributed by atoms with E-state index in [1.807, 2.05) is 36.4 Å². The molecule has 0 aliphatic heterocycles. The Bertz CT molecular complexity index is 1580. The Hall–Kier alpha value is -3.53. The molecule has 0 spiro atoms. The second-order valence-corrected chi connectivity index (χ2v) is 11.2. The van der Waals surface area contributed by atoms with E-state index in [1.54, 1.807) is 36.4 Å². The van der Waals surface area contributed by atoms with E-state index in [0.29, 0.717) is 10.4 Å². The maximum atomic E-state index is 12.3. The maximum Gasteiger partial charge on any atom is 0.266 e. The Kier molecular flexibility index (Phi) is 8.62. The van der Waals surface area contributed by atoms with Crippen LogP contribution in [0.4, 0.5) is 4.48 Å². The summed E-state index contributed by atoms with van der Waals surface area (Å²) < 4.78 is 56.4. The lowest BCUT2D eigenvalue weighted by molar-refractivity contribution is 0.425. The van der Waals surface area contributed by atoms with Crippen LogP contribution < -0.4 is 10.1 Å². The van der Waals surface area contributed by atoms with Crippen LogP contribution in [-0.4, -0.2) is 21.7 Å². The zero-order valence-corrected chi connectivity index (χ0v) is 21.0. The van der Waals surface area contributed by atoms with Gasteiger partial charge in [0.05, 0.1) is 21.4 Å². The van der Waals surface area contributed by atoms with Gasteiger partial charge in [-0.1, -0.05) is 66.8 Å². The largest absolute Gasteiger partial charge is 0.266 e. The first-order valence-corrected chi connectivity index (χ1v) is 13.7. The zero-order valence-electron chi connectivity index (χ0n) is 18.6. The number of nitrogens with two attached hydrogens (primary N) is 1. The molecule has 0 fully saturated rings. The molecule has 4 rings (SSSR count). The number of nitrogens with one attached hydrogen (secondary N) is 1. The number of benzene rings is 3. The molecule has 3 aromatic carbocycles. The topological polar surface area (TPSA) is 130 Å². The highest BCUT2D eigenvalue weighted by Crippen LogP contribution is 2.30. The molecule has 0 saturated carbocycles. The number of thiocarbonyl (C=S) groups is 1. The van der Waals surface area contributed by atoms with Crippen LogP contribution in [-0.2, 0) is 20.0 Å². The normalized spacial score (nSPS) is 15.3.